The highest BCUT2D eigenvalue weighted by Gasteiger charge is 2.42. The van der Waals surface area contributed by atoms with Crippen molar-refractivity contribution >= 4 is 33.2 Å². The van der Waals surface area contributed by atoms with E-state index >= 15 is 0 Å². The quantitative estimate of drug-likeness (QED) is 0.144. The number of ether oxygens (including phenoxy) is 1. The van der Waals surface area contributed by atoms with Crippen LogP contribution in [0.5, 0.6) is 11.5 Å². The van der Waals surface area contributed by atoms with Crippen LogP contribution in [-0.2, 0) is 10.8 Å². The lowest BCUT2D eigenvalue weighted by Gasteiger charge is -2.35. The van der Waals surface area contributed by atoms with Gasteiger partial charge in [0.05, 0.1) is 17.7 Å². The van der Waals surface area contributed by atoms with Crippen molar-refractivity contribution in [3.8, 4) is 39.6 Å². The Kier molecular flexibility index (Phi) is 11.6. The predicted molar refractivity (Wildman–Crippen MR) is 295 cm³/mol. The Labute approximate surface area is 415 Å². The fraction of sp³-hybridized carbons (Fsp3) is 0.246. The molecule has 5 nitrogen and oxygen atoms in total. The maximum atomic E-state index is 6.94. The first kappa shape index (κ1) is 46.4. The van der Waals surface area contributed by atoms with Gasteiger partial charge in [-0.1, -0.05) is 185 Å². The fourth-order valence-corrected chi connectivity index (χ4v) is 10.4. The second-order valence-corrected chi connectivity index (χ2v) is 22.7. The van der Waals surface area contributed by atoms with Gasteiger partial charge >= 0.3 is 0 Å². The third kappa shape index (κ3) is 8.79. The highest BCUT2D eigenvalue weighted by molar-refractivity contribution is 6.10. The summed E-state index contributed by atoms with van der Waals surface area (Å²) in [5.74, 6) is 2.43. The van der Waals surface area contributed by atoms with Gasteiger partial charge in [0.25, 0.3) is 0 Å². The molecule has 5 heteroatoms. The molecule has 9 aromatic rings. The molecule has 0 fully saturated rings. The van der Waals surface area contributed by atoms with Crippen LogP contribution in [0.1, 0.15) is 92.9 Å². The fourth-order valence-electron chi connectivity index (χ4n) is 10.4. The van der Waals surface area contributed by atoms with Crippen molar-refractivity contribution in [2.24, 2.45) is 10.8 Å². The smallest absolute Gasteiger partial charge is 0.137 e. The van der Waals surface area contributed by atoms with Crippen molar-refractivity contribution in [2.45, 2.75) is 87.0 Å². The Hall–Kier alpha value is -7.37. The molecule has 70 heavy (non-hydrogen) atoms. The number of benzene rings is 7. The average Bonchev–Trinajstić information content (AvgIpc) is 3.93. The number of nitrogens with zero attached hydrogens (tertiary/aromatic N) is 4. The van der Waals surface area contributed by atoms with E-state index in [9.17, 15) is 0 Å². The van der Waals surface area contributed by atoms with Crippen LogP contribution in [0.25, 0.3) is 49.9 Å². The van der Waals surface area contributed by atoms with Gasteiger partial charge in [-0.3, -0.25) is 4.57 Å². The van der Waals surface area contributed by atoms with Crippen LogP contribution in [0.3, 0.4) is 0 Å². The molecule has 0 N–H and O–H groups in total. The van der Waals surface area contributed by atoms with E-state index in [-0.39, 0.29) is 21.7 Å². The lowest BCUT2D eigenvalue weighted by Crippen LogP contribution is -2.31. The van der Waals surface area contributed by atoms with Crippen molar-refractivity contribution in [2.75, 3.05) is 16.5 Å². The van der Waals surface area contributed by atoms with Crippen LogP contribution < -0.4 is 14.5 Å². The molecular formula is C65H66N4O. The van der Waals surface area contributed by atoms with Crippen molar-refractivity contribution in [3.05, 3.63) is 216 Å². The average molecular weight is 919 g/mol. The number of hydrogen-bond donors (Lipinski definition) is 0. The first-order chi connectivity index (χ1) is 33.3. The maximum absolute atomic E-state index is 6.94. The summed E-state index contributed by atoms with van der Waals surface area (Å²) >= 11 is 0. The van der Waals surface area contributed by atoms with Crippen LogP contribution in [0, 0.1) is 10.8 Å². The molecule has 0 saturated carbocycles. The zero-order valence-electron chi connectivity index (χ0n) is 42.8. The standard InChI is InChI=1S/C65H66N4O/c1-62(2,3)49-34-35-66-59(40-49)69-57-33-30-46(44-22-15-12-16-23-44)38-56(57)55-32-31-54(42-58(55)69)70-53-29-21-28-51(41-53)67-43-68(61(64(7,8)9)60(67)63(4,5)6)52-37-47(45-24-17-13-18-25-45)36-50(39-52)65(10,11)48-26-19-14-20-27-48/h12-42H,43H2,1-11H3. The Balaban J connectivity index is 1.07. The molecule has 1 aliphatic rings. The summed E-state index contributed by atoms with van der Waals surface area (Å²) in [6.45, 7) is 26.2. The molecule has 0 unspecified atom stereocenters. The summed E-state index contributed by atoms with van der Waals surface area (Å²) in [7, 11) is 0. The first-order valence-corrected chi connectivity index (χ1v) is 24.8. The molecule has 0 saturated heterocycles. The van der Waals surface area contributed by atoms with Crippen molar-refractivity contribution in [1.82, 2.24) is 9.55 Å². The Morgan fingerprint density at radius 1 is 0.400 bits per heavy atom. The summed E-state index contributed by atoms with van der Waals surface area (Å²) < 4.78 is 9.24. The Morgan fingerprint density at radius 3 is 1.66 bits per heavy atom. The van der Waals surface area contributed by atoms with Crippen LogP contribution in [-0.4, -0.2) is 16.2 Å². The van der Waals surface area contributed by atoms with E-state index < -0.39 is 0 Å². The zero-order valence-corrected chi connectivity index (χ0v) is 42.8. The van der Waals surface area contributed by atoms with Crippen molar-refractivity contribution < 1.29 is 4.74 Å². The topological polar surface area (TPSA) is 33.5 Å². The normalized spacial score (nSPS) is 13.8. The molecule has 1 aliphatic heterocycles. The number of fused-ring (bicyclic) bond motifs is 3. The van der Waals surface area contributed by atoms with Gasteiger partial charge in [-0.15, -0.1) is 0 Å². The van der Waals surface area contributed by atoms with E-state index in [1.165, 1.54) is 61.4 Å². The van der Waals surface area contributed by atoms with E-state index in [4.69, 9.17) is 9.72 Å². The highest BCUT2D eigenvalue weighted by Crippen LogP contribution is 2.50. The molecule has 0 aliphatic carbocycles. The third-order valence-corrected chi connectivity index (χ3v) is 14.1. The van der Waals surface area contributed by atoms with Gasteiger partial charge in [0, 0.05) is 68.1 Å². The summed E-state index contributed by atoms with van der Waals surface area (Å²) in [6, 6.07) is 65.8. The van der Waals surface area contributed by atoms with Gasteiger partial charge in [-0.25, -0.2) is 4.98 Å². The molecule has 10 rings (SSSR count). The van der Waals surface area contributed by atoms with Crippen molar-refractivity contribution in [3.63, 3.8) is 0 Å². The van der Waals surface area contributed by atoms with Gasteiger partial charge in [0.2, 0.25) is 0 Å². The van der Waals surface area contributed by atoms with Gasteiger partial charge in [0.1, 0.15) is 17.3 Å². The Bertz CT molecular complexity index is 3400. The lowest BCUT2D eigenvalue weighted by molar-refractivity contribution is 0.444. The van der Waals surface area contributed by atoms with E-state index in [1.807, 2.05) is 6.20 Å². The monoisotopic (exact) mass is 919 g/mol. The largest absolute Gasteiger partial charge is 0.457 e. The molecule has 352 valence electrons. The maximum Gasteiger partial charge on any atom is 0.137 e. The van der Waals surface area contributed by atoms with Gasteiger partial charge in [-0.05, 0) is 105 Å². The Morgan fingerprint density at radius 2 is 1.01 bits per heavy atom. The molecule has 0 atom stereocenters. The molecule has 7 aromatic carbocycles. The number of hydrogen-bond acceptors (Lipinski definition) is 4. The SMILES string of the molecule is CC(C)(C)C1=C(C(C)(C)C)N(c2cc(-c3ccccc3)cc(C(C)(C)c3ccccc3)c2)CN1c1cccc(Oc2ccc3c4cc(-c5ccccc5)ccc4n(-c4cc(C(C)(C)C)ccn4)c3c2)c1. The van der Waals surface area contributed by atoms with Gasteiger partial charge in [-0.2, -0.15) is 0 Å². The third-order valence-electron chi connectivity index (χ3n) is 14.1. The molecule has 0 radical (unpaired) electrons. The summed E-state index contributed by atoms with van der Waals surface area (Å²) in [6.07, 6.45) is 1.94. The van der Waals surface area contributed by atoms with Gasteiger partial charge < -0.3 is 14.5 Å². The van der Waals surface area contributed by atoms with Crippen LogP contribution >= 0.6 is 0 Å². The van der Waals surface area contributed by atoms with Crippen LogP contribution in [0.15, 0.2) is 200 Å². The second-order valence-electron chi connectivity index (χ2n) is 22.7. The van der Waals surface area contributed by atoms with E-state index in [2.05, 4.69) is 273 Å². The predicted octanol–water partition coefficient (Wildman–Crippen LogP) is 17.5. The minimum Gasteiger partial charge on any atom is -0.457 e. The minimum atomic E-state index is -0.236. The minimum absolute atomic E-state index is 0.0350. The van der Waals surface area contributed by atoms with E-state index in [0.29, 0.717) is 6.67 Å². The summed E-state index contributed by atoms with van der Waals surface area (Å²) in [5, 5.41) is 2.32. The number of allylic oxidation sites excluding steroid dienone is 2. The van der Waals surface area contributed by atoms with Crippen LogP contribution in [0.4, 0.5) is 11.4 Å². The second kappa shape index (κ2) is 17.5. The number of aromatic nitrogens is 2. The molecule has 0 spiro atoms. The summed E-state index contributed by atoms with van der Waals surface area (Å²) in [5.41, 5.74) is 15.0. The molecule has 0 amide bonds. The van der Waals surface area contributed by atoms with E-state index in [0.717, 1.165) is 39.4 Å². The molecule has 2 aromatic heterocycles. The van der Waals surface area contributed by atoms with Gasteiger partial charge in [0.15, 0.2) is 0 Å². The lowest BCUT2D eigenvalue weighted by atomic mass is 9.77. The van der Waals surface area contributed by atoms with E-state index in [1.54, 1.807) is 0 Å². The van der Waals surface area contributed by atoms with Crippen molar-refractivity contribution in [1.29, 1.82) is 0 Å². The summed E-state index contributed by atoms with van der Waals surface area (Å²) in [4.78, 5) is 10.1. The number of rotatable bonds is 9. The first-order valence-electron chi connectivity index (χ1n) is 24.8. The molecule has 3 heterocycles. The molecule has 0 bridgehead atoms. The number of anilines is 2. The molecular weight excluding hydrogens is 853 g/mol. The highest BCUT2D eigenvalue weighted by atomic mass is 16.5. The zero-order chi connectivity index (χ0) is 49.2. The van der Waals surface area contributed by atoms with Crippen LogP contribution in [0.2, 0.25) is 0 Å². The number of pyridine rings is 1.